The number of ether oxygens (including phenoxy) is 1. The number of hydrogen-bond donors (Lipinski definition) is 0. The number of benzene rings is 1. The van der Waals surface area contributed by atoms with Crippen LogP contribution < -0.4 is 4.74 Å². The minimum Gasteiger partial charge on any atom is -0.428 e. The molecule has 1 aromatic rings. The zero-order valence-electron chi connectivity index (χ0n) is 8.55. The summed E-state index contributed by atoms with van der Waals surface area (Å²) in [6.07, 6.45) is -12.5. The Hall–Kier alpha value is -1.73. The first-order valence-corrected chi connectivity index (χ1v) is 4.52. The van der Waals surface area contributed by atoms with Crippen LogP contribution in [0.1, 0.15) is 10.4 Å². The molecule has 8 heteroatoms. The third kappa shape index (κ3) is 3.14. The Kier molecular flexibility index (Phi) is 4.20. The van der Waals surface area contributed by atoms with E-state index in [1.807, 2.05) is 0 Å². The lowest BCUT2D eigenvalue weighted by atomic mass is 10.1. The van der Waals surface area contributed by atoms with Crippen LogP contribution in [0.15, 0.2) is 24.3 Å². The molecule has 2 nitrogen and oxygen atoms in total. The second-order valence-electron chi connectivity index (χ2n) is 3.13. The highest BCUT2D eigenvalue weighted by atomic mass is 19.3. The van der Waals surface area contributed by atoms with Crippen LogP contribution in [0.4, 0.5) is 26.3 Å². The van der Waals surface area contributed by atoms with Crippen molar-refractivity contribution in [2.75, 3.05) is 0 Å². The van der Waals surface area contributed by atoms with E-state index in [0.717, 1.165) is 24.3 Å². The van der Waals surface area contributed by atoms with Crippen molar-refractivity contribution in [1.29, 1.82) is 0 Å². The lowest BCUT2D eigenvalue weighted by molar-refractivity contribution is -0.253. The van der Waals surface area contributed by atoms with Crippen LogP contribution in [0.2, 0.25) is 0 Å². The van der Waals surface area contributed by atoms with Gasteiger partial charge in [0.05, 0.1) is 5.56 Å². The Morgan fingerprint density at radius 2 is 1.67 bits per heavy atom. The fourth-order valence-corrected chi connectivity index (χ4v) is 1.07. The largest absolute Gasteiger partial charge is 0.461 e. The van der Waals surface area contributed by atoms with E-state index < -0.39 is 36.1 Å². The highest BCUT2D eigenvalue weighted by Crippen LogP contribution is 2.30. The fourth-order valence-electron chi connectivity index (χ4n) is 1.07. The molecule has 0 aliphatic carbocycles. The minimum atomic E-state index is -4.86. The molecular weight excluding hydrogens is 266 g/mol. The number of carbonyl (C=O) groups is 1. The van der Waals surface area contributed by atoms with Crippen LogP contribution in [0.5, 0.6) is 5.75 Å². The van der Waals surface area contributed by atoms with E-state index in [1.54, 1.807) is 0 Å². The first-order chi connectivity index (χ1) is 8.25. The van der Waals surface area contributed by atoms with Crippen molar-refractivity contribution in [1.82, 2.24) is 0 Å². The number of carbonyl (C=O) groups excluding carboxylic acids is 1. The normalized spacial score (nSPS) is 12.0. The zero-order chi connectivity index (χ0) is 13.9. The maximum absolute atomic E-state index is 12.6. The molecule has 18 heavy (non-hydrogen) atoms. The van der Waals surface area contributed by atoms with Gasteiger partial charge in [0, 0.05) is 0 Å². The molecule has 0 aromatic heterocycles. The quantitative estimate of drug-likeness (QED) is 0.606. The second-order valence-corrected chi connectivity index (χ2v) is 3.13. The van der Waals surface area contributed by atoms with E-state index in [4.69, 9.17) is 0 Å². The van der Waals surface area contributed by atoms with Gasteiger partial charge in [0.1, 0.15) is 5.75 Å². The Bertz CT molecular complexity index is 432. The third-order valence-corrected chi connectivity index (χ3v) is 1.85. The number of ketones is 1. The summed E-state index contributed by atoms with van der Waals surface area (Å²) in [7, 11) is 0. The summed E-state index contributed by atoms with van der Waals surface area (Å²) >= 11 is 0. The lowest BCUT2D eigenvalue weighted by Gasteiger charge is -2.18. The molecule has 0 aliphatic heterocycles. The zero-order valence-corrected chi connectivity index (χ0v) is 8.55. The monoisotopic (exact) mass is 272 g/mol. The van der Waals surface area contributed by atoms with Crippen LogP contribution in [0.25, 0.3) is 0 Å². The standard InChI is InChI=1S/C10H6F6O2/c11-8(12)7(17)5-3-1-2-4-6(5)18-10(15,16)9(13)14/h1-4,8-9H. The predicted octanol–water partition coefficient (Wildman–Crippen LogP) is 3.37. The van der Waals surface area contributed by atoms with Gasteiger partial charge in [0.15, 0.2) is 0 Å². The lowest BCUT2D eigenvalue weighted by Crippen LogP contribution is -2.34. The van der Waals surface area contributed by atoms with Crippen LogP contribution >= 0.6 is 0 Å². The summed E-state index contributed by atoms with van der Waals surface area (Å²) in [6, 6.07) is 3.71. The molecule has 0 bridgehead atoms. The van der Waals surface area contributed by atoms with Gasteiger partial charge >= 0.3 is 19.0 Å². The second kappa shape index (κ2) is 5.28. The van der Waals surface area contributed by atoms with Gasteiger partial charge in [-0.15, -0.1) is 0 Å². The average Bonchev–Trinajstić information content (AvgIpc) is 2.28. The van der Waals surface area contributed by atoms with E-state index in [-0.39, 0.29) is 0 Å². The molecule has 0 atom stereocenters. The Morgan fingerprint density at radius 1 is 1.11 bits per heavy atom. The molecule has 0 saturated heterocycles. The van der Waals surface area contributed by atoms with Crippen LogP contribution in [0.3, 0.4) is 0 Å². The van der Waals surface area contributed by atoms with Crippen molar-refractivity contribution in [3.8, 4) is 5.75 Å². The van der Waals surface area contributed by atoms with Crippen molar-refractivity contribution >= 4 is 5.78 Å². The molecule has 100 valence electrons. The maximum Gasteiger partial charge on any atom is 0.461 e. The SMILES string of the molecule is O=C(c1ccccc1OC(F)(F)C(F)F)C(F)F. The molecule has 0 spiro atoms. The van der Waals surface area contributed by atoms with Crippen LogP contribution in [-0.4, -0.2) is 24.7 Å². The predicted molar refractivity (Wildman–Crippen MR) is 48.4 cm³/mol. The fraction of sp³-hybridized carbons (Fsp3) is 0.300. The molecule has 0 amide bonds. The van der Waals surface area contributed by atoms with E-state index >= 15 is 0 Å². The first-order valence-electron chi connectivity index (χ1n) is 4.52. The van der Waals surface area contributed by atoms with Gasteiger partial charge in [-0.1, -0.05) is 12.1 Å². The van der Waals surface area contributed by atoms with Gasteiger partial charge in [-0.25, -0.2) is 8.78 Å². The van der Waals surface area contributed by atoms with Gasteiger partial charge < -0.3 is 4.74 Å². The van der Waals surface area contributed by atoms with Crippen molar-refractivity contribution in [3.05, 3.63) is 29.8 Å². The maximum atomic E-state index is 12.6. The highest BCUT2D eigenvalue weighted by molar-refractivity contribution is 6.00. The highest BCUT2D eigenvalue weighted by Gasteiger charge is 2.44. The first kappa shape index (κ1) is 14.3. The smallest absolute Gasteiger partial charge is 0.428 e. The average molecular weight is 272 g/mol. The van der Waals surface area contributed by atoms with Crippen molar-refractivity contribution in [2.45, 2.75) is 19.0 Å². The Morgan fingerprint density at radius 3 is 2.17 bits per heavy atom. The van der Waals surface area contributed by atoms with E-state index in [1.165, 1.54) is 0 Å². The summed E-state index contributed by atoms with van der Waals surface area (Å²) in [5.74, 6) is -2.80. The molecule has 0 unspecified atom stereocenters. The van der Waals surface area contributed by atoms with Crippen LogP contribution in [0, 0.1) is 0 Å². The number of halogens is 6. The molecule has 0 saturated carbocycles. The molecule has 1 aromatic carbocycles. The number of hydrogen-bond acceptors (Lipinski definition) is 2. The molecule has 0 radical (unpaired) electrons. The molecular formula is C10H6F6O2. The van der Waals surface area contributed by atoms with Crippen molar-refractivity contribution in [3.63, 3.8) is 0 Å². The molecule has 0 heterocycles. The molecule has 0 N–H and O–H groups in total. The van der Waals surface area contributed by atoms with Gasteiger partial charge in [-0.3, -0.25) is 4.79 Å². The molecule has 0 aliphatic rings. The number of rotatable bonds is 5. The number of para-hydroxylation sites is 1. The summed E-state index contributed by atoms with van der Waals surface area (Å²) in [6.45, 7) is 0. The van der Waals surface area contributed by atoms with Gasteiger partial charge in [-0.05, 0) is 12.1 Å². The molecule has 0 fully saturated rings. The summed E-state index contributed by atoms with van der Waals surface area (Å²) in [5, 5.41) is 0. The summed E-state index contributed by atoms with van der Waals surface area (Å²) < 4.78 is 76.9. The van der Waals surface area contributed by atoms with E-state index in [0.29, 0.717) is 0 Å². The Balaban J connectivity index is 3.07. The van der Waals surface area contributed by atoms with Gasteiger partial charge in [0.25, 0.3) is 0 Å². The number of alkyl halides is 6. The van der Waals surface area contributed by atoms with Crippen molar-refractivity contribution in [2.24, 2.45) is 0 Å². The van der Waals surface area contributed by atoms with Gasteiger partial charge in [-0.2, -0.15) is 17.6 Å². The summed E-state index contributed by atoms with van der Waals surface area (Å²) in [4.78, 5) is 11.0. The van der Waals surface area contributed by atoms with E-state index in [2.05, 4.69) is 4.74 Å². The topological polar surface area (TPSA) is 26.3 Å². The third-order valence-electron chi connectivity index (χ3n) is 1.85. The van der Waals surface area contributed by atoms with Gasteiger partial charge in [0.2, 0.25) is 5.78 Å². The summed E-state index contributed by atoms with van der Waals surface area (Å²) in [5.41, 5.74) is -0.882. The number of Topliss-reactive ketones (excluding diaryl/α,β-unsaturated/α-hetero) is 1. The Labute approximate surface area is 97.2 Å². The van der Waals surface area contributed by atoms with Crippen molar-refractivity contribution < 1.29 is 35.9 Å². The van der Waals surface area contributed by atoms with Crippen LogP contribution in [-0.2, 0) is 0 Å². The minimum absolute atomic E-state index is 0.728. The molecule has 1 rings (SSSR count). The van der Waals surface area contributed by atoms with E-state index in [9.17, 15) is 31.1 Å².